The Hall–Kier alpha value is -0.900. The predicted molar refractivity (Wildman–Crippen MR) is 81.8 cm³/mol. The number of ether oxygens (including phenoxy) is 1. The van der Waals surface area contributed by atoms with Gasteiger partial charge in [0.1, 0.15) is 0 Å². The summed E-state index contributed by atoms with van der Waals surface area (Å²) >= 11 is 0. The number of likely N-dealkylation sites (tertiary alicyclic amines) is 1. The average Bonchev–Trinajstić information content (AvgIpc) is 2.50. The highest BCUT2D eigenvalue weighted by Gasteiger charge is 2.23. The topological polar surface area (TPSA) is 15.7 Å². The lowest BCUT2D eigenvalue weighted by Crippen LogP contribution is -2.48. The van der Waals surface area contributed by atoms with Crippen LogP contribution in [0.5, 0.6) is 0 Å². The Labute approximate surface area is 122 Å². The highest BCUT2D eigenvalue weighted by molar-refractivity contribution is 5.14. The first-order valence-corrected chi connectivity index (χ1v) is 8.00. The second-order valence-corrected chi connectivity index (χ2v) is 6.07. The molecule has 0 radical (unpaired) electrons. The molecule has 0 N–H and O–H groups in total. The van der Waals surface area contributed by atoms with Crippen molar-refractivity contribution < 1.29 is 4.74 Å². The van der Waals surface area contributed by atoms with E-state index in [4.69, 9.17) is 4.74 Å². The molecule has 3 rings (SSSR count). The van der Waals surface area contributed by atoms with Gasteiger partial charge in [0.05, 0.1) is 12.7 Å². The maximum atomic E-state index is 5.97. The molecule has 1 atom stereocenters. The van der Waals surface area contributed by atoms with Crippen molar-refractivity contribution in [2.24, 2.45) is 0 Å². The van der Waals surface area contributed by atoms with Crippen molar-refractivity contribution in [1.82, 2.24) is 9.80 Å². The first-order valence-electron chi connectivity index (χ1n) is 8.00. The molecule has 1 aromatic rings. The highest BCUT2D eigenvalue weighted by atomic mass is 16.5. The number of rotatable bonds is 4. The zero-order valence-corrected chi connectivity index (χ0v) is 12.3. The van der Waals surface area contributed by atoms with E-state index in [0.29, 0.717) is 6.10 Å². The van der Waals surface area contributed by atoms with Crippen LogP contribution < -0.4 is 0 Å². The molecule has 3 heteroatoms. The van der Waals surface area contributed by atoms with E-state index >= 15 is 0 Å². The van der Waals surface area contributed by atoms with Gasteiger partial charge in [-0.25, -0.2) is 0 Å². The third-order valence-electron chi connectivity index (χ3n) is 4.38. The molecule has 2 aliphatic heterocycles. The lowest BCUT2D eigenvalue weighted by atomic mass is 10.1. The summed E-state index contributed by atoms with van der Waals surface area (Å²) in [6.45, 7) is 7.71. The lowest BCUT2D eigenvalue weighted by Gasteiger charge is -2.36. The van der Waals surface area contributed by atoms with Gasteiger partial charge in [-0.2, -0.15) is 0 Å². The molecule has 20 heavy (non-hydrogen) atoms. The van der Waals surface area contributed by atoms with E-state index < -0.39 is 0 Å². The SMILES string of the molecule is c1ccc(CN2CCO[C@H](CN3CCCCC3)C2)cc1. The van der Waals surface area contributed by atoms with Gasteiger partial charge in [0.2, 0.25) is 0 Å². The summed E-state index contributed by atoms with van der Waals surface area (Å²) in [5.41, 5.74) is 1.41. The minimum absolute atomic E-state index is 0.394. The van der Waals surface area contributed by atoms with Crippen LogP contribution in [0.4, 0.5) is 0 Å². The molecular formula is C17H26N2O. The molecule has 1 aromatic carbocycles. The summed E-state index contributed by atoms with van der Waals surface area (Å²) in [5.74, 6) is 0. The van der Waals surface area contributed by atoms with Crippen molar-refractivity contribution in [1.29, 1.82) is 0 Å². The van der Waals surface area contributed by atoms with E-state index in [1.54, 1.807) is 0 Å². The minimum Gasteiger partial charge on any atom is -0.374 e. The molecule has 3 nitrogen and oxygen atoms in total. The fourth-order valence-corrected chi connectivity index (χ4v) is 3.31. The molecule has 2 saturated heterocycles. The molecule has 0 saturated carbocycles. The maximum absolute atomic E-state index is 5.97. The number of piperidine rings is 1. The Balaban J connectivity index is 1.48. The lowest BCUT2D eigenvalue weighted by molar-refractivity contribution is -0.0476. The molecule has 0 bridgehead atoms. The first kappa shape index (κ1) is 14.1. The van der Waals surface area contributed by atoms with Gasteiger partial charge >= 0.3 is 0 Å². The van der Waals surface area contributed by atoms with Gasteiger partial charge < -0.3 is 9.64 Å². The van der Waals surface area contributed by atoms with Crippen LogP contribution in [0.1, 0.15) is 24.8 Å². The van der Waals surface area contributed by atoms with E-state index in [2.05, 4.69) is 40.1 Å². The van der Waals surface area contributed by atoms with Crippen molar-refractivity contribution in [3.8, 4) is 0 Å². The Morgan fingerprint density at radius 2 is 1.75 bits per heavy atom. The predicted octanol–water partition coefficient (Wildman–Crippen LogP) is 2.37. The Kier molecular flexibility index (Phi) is 5.06. The van der Waals surface area contributed by atoms with E-state index in [1.807, 2.05) is 0 Å². The monoisotopic (exact) mass is 274 g/mol. The van der Waals surface area contributed by atoms with Crippen molar-refractivity contribution in [2.75, 3.05) is 39.3 Å². The third kappa shape index (κ3) is 4.05. The van der Waals surface area contributed by atoms with E-state index in [0.717, 1.165) is 32.8 Å². The number of benzene rings is 1. The Morgan fingerprint density at radius 3 is 2.55 bits per heavy atom. The molecule has 2 heterocycles. The van der Waals surface area contributed by atoms with E-state index in [9.17, 15) is 0 Å². The summed E-state index contributed by atoms with van der Waals surface area (Å²) < 4.78 is 5.97. The van der Waals surface area contributed by atoms with Crippen LogP contribution in [-0.2, 0) is 11.3 Å². The van der Waals surface area contributed by atoms with Crippen molar-refractivity contribution in [2.45, 2.75) is 31.9 Å². The molecule has 110 valence electrons. The quantitative estimate of drug-likeness (QED) is 0.838. The van der Waals surface area contributed by atoms with Crippen LogP contribution in [0, 0.1) is 0 Å². The highest BCUT2D eigenvalue weighted by Crippen LogP contribution is 2.14. The zero-order valence-electron chi connectivity index (χ0n) is 12.3. The van der Waals surface area contributed by atoms with Crippen LogP contribution >= 0.6 is 0 Å². The van der Waals surface area contributed by atoms with Crippen molar-refractivity contribution in [3.05, 3.63) is 35.9 Å². The summed E-state index contributed by atoms with van der Waals surface area (Å²) in [4.78, 5) is 5.12. The fourth-order valence-electron chi connectivity index (χ4n) is 3.31. The average molecular weight is 274 g/mol. The molecule has 2 fully saturated rings. The molecule has 0 aliphatic carbocycles. The summed E-state index contributed by atoms with van der Waals surface area (Å²) in [7, 11) is 0. The van der Waals surface area contributed by atoms with Crippen LogP contribution in [0.25, 0.3) is 0 Å². The Bertz CT molecular complexity index is 389. The molecule has 0 aromatic heterocycles. The van der Waals surface area contributed by atoms with Crippen LogP contribution in [0.3, 0.4) is 0 Å². The van der Waals surface area contributed by atoms with Gasteiger partial charge in [-0.15, -0.1) is 0 Å². The molecule has 0 amide bonds. The number of hydrogen-bond acceptors (Lipinski definition) is 3. The number of hydrogen-bond donors (Lipinski definition) is 0. The molecule has 0 spiro atoms. The van der Waals surface area contributed by atoms with E-state index in [1.165, 1.54) is 37.9 Å². The van der Waals surface area contributed by atoms with E-state index in [-0.39, 0.29) is 0 Å². The normalized spacial score (nSPS) is 25.7. The van der Waals surface area contributed by atoms with Gasteiger partial charge in [-0.05, 0) is 31.5 Å². The van der Waals surface area contributed by atoms with Gasteiger partial charge in [0, 0.05) is 26.2 Å². The first-order chi connectivity index (χ1) is 9.90. The van der Waals surface area contributed by atoms with Gasteiger partial charge in [0.25, 0.3) is 0 Å². The van der Waals surface area contributed by atoms with Crippen molar-refractivity contribution in [3.63, 3.8) is 0 Å². The molecular weight excluding hydrogens is 248 g/mol. The van der Waals surface area contributed by atoms with Crippen LogP contribution in [-0.4, -0.2) is 55.2 Å². The fraction of sp³-hybridized carbons (Fsp3) is 0.647. The number of morpholine rings is 1. The summed E-state index contributed by atoms with van der Waals surface area (Å²) in [6.07, 6.45) is 4.52. The summed E-state index contributed by atoms with van der Waals surface area (Å²) in [5, 5.41) is 0. The third-order valence-corrected chi connectivity index (χ3v) is 4.38. The zero-order chi connectivity index (χ0) is 13.6. The summed E-state index contributed by atoms with van der Waals surface area (Å²) in [6, 6.07) is 10.8. The van der Waals surface area contributed by atoms with Crippen LogP contribution in [0.15, 0.2) is 30.3 Å². The van der Waals surface area contributed by atoms with Crippen LogP contribution in [0.2, 0.25) is 0 Å². The number of nitrogens with zero attached hydrogens (tertiary/aromatic N) is 2. The second-order valence-electron chi connectivity index (χ2n) is 6.07. The largest absolute Gasteiger partial charge is 0.374 e. The van der Waals surface area contributed by atoms with Gasteiger partial charge in [-0.3, -0.25) is 4.90 Å². The van der Waals surface area contributed by atoms with Crippen molar-refractivity contribution >= 4 is 0 Å². The minimum atomic E-state index is 0.394. The smallest absolute Gasteiger partial charge is 0.0829 e. The molecule has 0 unspecified atom stereocenters. The second kappa shape index (κ2) is 7.21. The van der Waals surface area contributed by atoms with Gasteiger partial charge in [-0.1, -0.05) is 36.8 Å². The van der Waals surface area contributed by atoms with Gasteiger partial charge in [0.15, 0.2) is 0 Å². The standard InChI is InChI=1S/C17H26N2O/c1-3-7-16(8-4-1)13-19-11-12-20-17(15-19)14-18-9-5-2-6-10-18/h1,3-4,7-8,17H,2,5-6,9-15H2/t17-/m1/s1. The Morgan fingerprint density at radius 1 is 0.950 bits per heavy atom. The maximum Gasteiger partial charge on any atom is 0.0829 e. The molecule has 2 aliphatic rings.